The van der Waals surface area contributed by atoms with Crippen LogP contribution >= 0.6 is 11.6 Å². The first-order chi connectivity index (χ1) is 5.81. The van der Waals surface area contributed by atoms with Crippen LogP contribution in [0.5, 0.6) is 0 Å². The van der Waals surface area contributed by atoms with Crippen LogP contribution in [0.3, 0.4) is 0 Å². The van der Waals surface area contributed by atoms with Crippen LogP contribution in [0.2, 0.25) is 0 Å². The van der Waals surface area contributed by atoms with Gasteiger partial charge in [-0.2, -0.15) is 5.26 Å². The lowest BCUT2D eigenvalue weighted by Crippen LogP contribution is -1.89. The minimum Gasteiger partial charge on any atom is -0.259 e. The van der Waals surface area contributed by atoms with Gasteiger partial charge in [-0.1, -0.05) is 17.7 Å². The van der Waals surface area contributed by atoms with Crippen LogP contribution in [-0.2, 0) is 6.42 Å². The Morgan fingerprint density at radius 3 is 3.17 bits per heavy atom. The molecule has 0 spiro atoms. The maximum absolute atomic E-state index is 8.60. The second-order valence-electron chi connectivity index (χ2n) is 2.59. The lowest BCUT2D eigenvalue weighted by atomic mass is 10.2. The van der Waals surface area contributed by atoms with Crippen LogP contribution < -0.4 is 0 Å². The maximum Gasteiger partial charge on any atom is 0.101 e. The molecular weight excluding hydrogens is 172 g/mol. The molecule has 1 aromatic rings. The summed E-state index contributed by atoms with van der Waals surface area (Å²) in [7, 11) is 0. The summed E-state index contributed by atoms with van der Waals surface area (Å²) >= 11 is 5.88. The Morgan fingerprint density at radius 2 is 2.42 bits per heavy atom. The van der Waals surface area contributed by atoms with Gasteiger partial charge in [-0.25, -0.2) is 0 Å². The summed E-state index contributed by atoms with van der Waals surface area (Å²) in [6.45, 7) is 0. The minimum absolute atomic E-state index is 0.558. The number of hydrogen-bond donors (Lipinski definition) is 0. The predicted octanol–water partition coefficient (Wildman–Crippen LogP) is 2.09. The molecular formula is C9H5ClN2. The smallest absolute Gasteiger partial charge is 0.101 e. The number of fused-ring (bicyclic) bond motifs is 1. The van der Waals surface area contributed by atoms with E-state index in [9.17, 15) is 0 Å². The molecule has 0 aliphatic heterocycles. The summed E-state index contributed by atoms with van der Waals surface area (Å²) in [4.78, 5) is 4.12. The van der Waals surface area contributed by atoms with Crippen LogP contribution in [0.25, 0.3) is 5.03 Å². The monoisotopic (exact) mass is 176 g/mol. The van der Waals surface area contributed by atoms with E-state index in [2.05, 4.69) is 4.98 Å². The standard InChI is InChI=1S/C9H5ClN2/c10-8-1-2-9-7(8)3-6(4-11)5-12-9/h1,3,5H,2H2. The highest BCUT2D eigenvalue weighted by molar-refractivity contribution is 6.49. The van der Waals surface area contributed by atoms with Crippen molar-refractivity contribution in [3.63, 3.8) is 0 Å². The summed E-state index contributed by atoms with van der Waals surface area (Å²) < 4.78 is 0. The molecule has 0 atom stereocenters. The average molecular weight is 177 g/mol. The fourth-order valence-corrected chi connectivity index (χ4v) is 1.46. The van der Waals surface area contributed by atoms with Crippen LogP contribution in [-0.4, -0.2) is 4.98 Å². The van der Waals surface area contributed by atoms with E-state index in [0.717, 1.165) is 17.7 Å². The third-order valence-electron chi connectivity index (χ3n) is 1.83. The van der Waals surface area contributed by atoms with Gasteiger partial charge in [0.25, 0.3) is 0 Å². The van der Waals surface area contributed by atoms with Crippen molar-refractivity contribution >= 4 is 16.6 Å². The summed E-state index contributed by atoms with van der Waals surface area (Å²) in [6.07, 6.45) is 4.25. The van der Waals surface area contributed by atoms with Gasteiger partial charge in [0.1, 0.15) is 6.07 Å². The van der Waals surface area contributed by atoms with Gasteiger partial charge < -0.3 is 0 Å². The maximum atomic E-state index is 8.60. The fourth-order valence-electron chi connectivity index (χ4n) is 1.22. The first kappa shape index (κ1) is 7.33. The number of rotatable bonds is 0. The molecule has 0 fully saturated rings. The second-order valence-corrected chi connectivity index (χ2v) is 2.99. The van der Waals surface area contributed by atoms with Gasteiger partial charge in [-0.05, 0) is 6.07 Å². The molecule has 0 saturated carbocycles. The molecule has 0 saturated heterocycles. The average Bonchev–Trinajstić information content (AvgIpc) is 2.47. The Kier molecular flexibility index (Phi) is 1.60. The highest BCUT2D eigenvalue weighted by Gasteiger charge is 2.13. The predicted molar refractivity (Wildman–Crippen MR) is 46.5 cm³/mol. The molecule has 2 rings (SSSR count). The lowest BCUT2D eigenvalue weighted by Gasteiger charge is -1.97. The van der Waals surface area contributed by atoms with Crippen LogP contribution in [0, 0.1) is 11.3 Å². The van der Waals surface area contributed by atoms with Gasteiger partial charge in [0, 0.05) is 23.2 Å². The molecule has 1 aliphatic carbocycles. The number of nitrogens with zero attached hydrogens (tertiary/aromatic N) is 2. The molecule has 2 nitrogen and oxygen atoms in total. The van der Waals surface area contributed by atoms with E-state index in [4.69, 9.17) is 16.9 Å². The third kappa shape index (κ3) is 0.992. The first-order valence-electron chi connectivity index (χ1n) is 3.56. The Balaban J connectivity index is 2.59. The van der Waals surface area contributed by atoms with Crippen molar-refractivity contribution in [3.05, 3.63) is 35.2 Å². The SMILES string of the molecule is N#Cc1cnc2c(c1)C(Cl)=CC2. The number of aromatic nitrogens is 1. The Bertz CT molecular complexity index is 401. The van der Waals surface area contributed by atoms with Gasteiger partial charge in [-0.15, -0.1) is 0 Å². The second kappa shape index (κ2) is 2.62. The van der Waals surface area contributed by atoms with Crippen LogP contribution in [0.1, 0.15) is 16.8 Å². The Hall–Kier alpha value is -1.33. The molecule has 0 aromatic carbocycles. The molecule has 58 valence electrons. The molecule has 1 heterocycles. The van der Waals surface area contributed by atoms with Crippen molar-refractivity contribution in [1.82, 2.24) is 4.98 Å². The van der Waals surface area contributed by atoms with E-state index in [-0.39, 0.29) is 0 Å². The highest BCUT2D eigenvalue weighted by atomic mass is 35.5. The summed E-state index contributed by atoms with van der Waals surface area (Å²) in [5.41, 5.74) is 2.41. The largest absolute Gasteiger partial charge is 0.259 e. The quantitative estimate of drug-likeness (QED) is 0.607. The van der Waals surface area contributed by atoms with Gasteiger partial charge in [0.2, 0.25) is 0 Å². The van der Waals surface area contributed by atoms with E-state index in [1.165, 1.54) is 0 Å². The summed E-state index contributed by atoms with van der Waals surface area (Å²) in [5, 5.41) is 9.31. The van der Waals surface area contributed by atoms with Gasteiger partial charge in [0.15, 0.2) is 0 Å². The molecule has 0 bridgehead atoms. The normalized spacial score (nSPS) is 13.5. The molecule has 0 N–H and O–H groups in total. The molecule has 12 heavy (non-hydrogen) atoms. The van der Waals surface area contributed by atoms with Gasteiger partial charge in [-0.3, -0.25) is 4.98 Å². The molecule has 0 amide bonds. The van der Waals surface area contributed by atoms with E-state index in [0.29, 0.717) is 10.6 Å². The van der Waals surface area contributed by atoms with E-state index >= 15 is 0 Å². The van der Waals surface area contributed by atoms with Crippen molar-refractivity contribution in [2.45, 2.75) is 6.42 Å². The Labute approximate surface area is 75.1 Å². The van der Waals surface area contributed by atoms with E-state index in [1.54, 1.807) is 12.3 Å². The first-order valence-corrected chi connectivity index (χ1v) is 3.94. The van der Waals surface area contributed by atoms with Crippen molar-refractivity contribution in [2.75, 3.05) is 0 Å². The van der Waals surface area contributed by atoms with Gasteiger partial charge in [0.05, 0.1) is 11.3 Å². The zero-order valence-corrected chi connectivity index (χ0v) is 6.97. The molecule has 1 aliphatic rings. The topological polar surface area (TPSA) is 36.7 Å². The number of allylic oxidation sites excluding steroid dienone is 1. The number of nitriles is 1. The number of halogens is 1. The van der Waals surface area contributed by atoms with Crippen LogP contribution in [0.15, 0.2) is 18.3 Å². The van der Waals surface area contributed by atoms with E-state index < -0.39 is 0 Å². The molecule has 3 heteroatoms. The summed E-state index contributed by atoms with van der Waals surface area (Å²) in [6, 6.07) is 3.80. The fraction of sp³-hybridized carbons (Fsp3) is 0.111. The molecule has 1 aromatic heterocycles. The van der Waals surface area contributed by atoms with E-state index in [1.807, 2.05) is 12.1 Å². The van der Waals surface area contributed by atoms with Crippen molar-refractivity contribution < 1.29 is 0 Å². The van der Waals surface area contributed by atoms with Crippen molar-refractivity contribution in [2.24, 2.45) is 0 Å². The number of pyridine rings is 1. The van der Waals surface area contributed by atoms with Gasteiger partial charge >= 0.3 is 0 Å². The highest BCUT2D eigenvalue weighted by Crippen LogP contribution is 2.28. The van der Waals surface area contributed by atoms with Crippen molar-refractivity contribution in [3.8, 4) is 6.07 Å². The lowest BCUT2D eigenvalue weighted by molar-refractivity contribution is 1.12. The van der Waals surface area contributed by atoms with Crippen molar-refractivity contribution in [1.29, 1.82) is 5.26 Å². The van der Waals surface area contributed by atoms with Crippen LogP contribution in [0.4, 0.5) is 0 Å². The zero-order chi connectivity index (χ0) is 8.55. The minimum atomic E-state index is 0.558. The molecule has 0 radical (unpaired) electrons. The number of hydrogen-bond acceptors (Lipinski definition) is 2. The zero-order valence-electron chi connectivity index (χ0n) is 6.21. The summed E-state index contributed by atoms with van der Waals surface area (Å²) in [5.74, 6) is 0. The third-order valence-corrected chi connectivity index (χ3v) is 2.19. The Morgan fingerprint density at radius 1 is 1.58 bits per heavy atom. The molecule has 0 unspecified atom stereocenters.